The van der Waals surface area contributed by atoms with E-state index in [9.17, 15) is 14.7 Å². The zero-order valence-corrected chi connectivity index (χ0v) is 19.7. The van der Waals surface area contributed by atoms with Crippen LogP contribution in [0.15, 0.2) is 78.9 Å². The number of aromatic carboxylic acids is 1. The predicted molar refractivity (Wildman–Crippen MR) is 138 cm³/mol. The van der Waals surface area contributed by atoms with Crippen molar-refractivity contribution < 1.29 is 14.7 Å². The number of hydrogen-bond acceptors (Lipinski definition) is 2. The number of carbonyl (C=O) groups excluding carboxylic acids is 1. The quantitative estimate of drug-likeness (QED) is 0.332. The van der Waals surface area contributed by atoms with Crippen LogP contribution in [-0.2, 0) is 17.9 Å². The molecule has 1 aliphatic rings. The molecule has 1 aliphatic carbocycles. The Hall–Kier alpha value is -3.86. The lowest BCUT2D eigenvalue weighted by atomic mass is 9.82. The molecule has 1 amide bonds. The van der Waals surface area contributed by atoms with E-state index in [1.54, 1.807) is 12.1 Å². The van der Waals surface area contributed by atoms with Crippen LogP contribution in [0.1, 0.15) is 59.5 Å². The van der Waals surface area contributed by atoms with Crippen LogP contribution in [0.25, 0.3) is 22.2 Å². The third-order valence-electron chi connectivity index (χ3n) is 7.05. The smallest absolute Gasteiger partial charge is 0.335 e. The summed E-state index contributed by atoms with van der Waals surface area (Å²) in [6, 6.07) is 25.4. The highest BCUT2D eigenvalue weighted by Gasteiger charge is 2.27. The number of nitrogens with one attached hydrogen (secondary N) is 1. The number of fused-ring (bicyclic) bond motifs is 1. The second-order valence-corrected chi connectivity index (χ2v) is 9.35. The minimum atomic E-state index is -0.964. The Kier molecular flexibility index (Phi) is 6.66. The first-order valence-electron chi connectivity index (χ1n) is 12.4. The molecule has 0 saturated heterocycles. The van der Waals surface area contributed by atoms with E-state index in [-0.39, 0.29) is 18.0 Å². The summed E-state index contributed by atoms with van der Waals surface area (Å²) in [4.78, 5) is 25.0. The van der Waals surface area contributed by atoms with Crippen molar-refractivity contribution in [1.82, 2.24) is 9.88 Å². The van der Waals surface area contributed by atoms with Crippen molar-refractivity contribution in [2.24, 2.45) is 0 Å². The van der Waals surface area contributed by atoms with Gasteiger partial charge in [0.15, 0.2) is 0 Å². The van der Waals surface area contributed by atoms with E-state index in [4.69, 9.17) is 0 Å². The molecular formula is C30H30N2O3. The van der Waals surface area contributed by atoms with Gasteiger partial charge in [0, 0.05) is 11.9 Å². The van der Waals surface area contributed by atoms with Gasteiger partial charge >= 0.3 is 5.97 Å². The van der Waals surface area contributed by atoms with Crippen LogP contribution >= 0.6 is 0 Å². The molecule has 1 heterocycles. The highest BCUT2D eigenvalue weighted by atomic mass is 16.4. The minimum Gasteiger partial charge on any atom is -0.478 e. The summed E-state index contributed by atoms with van der Waals surface area (Å²) in [5.74, 6) is -0.668. The third kappa shape index (κ3) is 4.85. The zero-order chi connectivity index (χ0) is 24.2. The van der Waals surface area contributed by atoms with Crippen molar-refractivity contribution in [3.05, 3.63) is 95.6 Å². The Bertz CT molecular complexity index is 1340. The first-order valence-corrected chi connectivity index (χ1v) is 12.4. The average Bonchev–Trinajstić information content (AvgIpc) is 3.22. The van der Waals surface area contributed by atoms with Crippen LogP contribution in [0, 0.1) is 0 Å². The van der Waals surface area contributed by atoms with Gasteiger partial charge in [0.05, 0.1) is 16.8 Å². The highest BCUT2D eigenvalue weighted by molar-refractivity contribution is 5.99. The summed E-state index contributed by atoms with van der Waals surface area (Å²) in [5, 5.41) is 13.8. The van der Waals surface area contributed by atoms with Gasteiger partial charge in [-0.05, 0) is 47.6 Å². The Labute approximate surface area is 205 Å². The van der Waals surface area contributed by atoms with Crippen molar-refractivity contribution in [3.8, 4) is 11.3 Å². The van der Waals surface area contributed by atoms with E-state index in [0.29, 0.717) is 12.5 Å². The number of amides is 1. The van der Waals surface area contributed by atoms with Crippen molar-refractivity contribution in [2.45, 2.75) is 51.1 Å². The molecule has 1 saturated carbocycles. The third-order valence-corrected chi connectivity index (χ3v) is 7.05. The van der Waals surface area contributed by atoms with Crippen molar-refractivity contribution >= 4 is 22.8 Å². The van der Waals surface area contributed by atoms with Gasteiger partial charge in [-0.2, -0.15) is 0 Å². The maximum Gasteiger partial charge on any atom is 0.335 e. The van der Waals surface area contributed by atoms with Gasteiger partial charge < -0.3 is 15.0 Å². The summed E-state index contributed by atoms with van der Waals surface area (Å²) >= 11 is 0. The lowest BCUT2D eigenvalue weighted by Crippen LogP contribution is -2.27. The Balaban J connectivity index is 1.62. The minimum absolute atomic E-state index is 0.0983. The lowest BCUT2D eigenvalue weighted by Gasteiger charge is -2.23. The molecule has 0 spiro atoms. The molecule has 0 aliphatic heterocycles. The lowest BCUT2D eigenvalue weighted by molar-refractivity contribution is -0.121. The van der Waals surface area contributed by atoms with E-state index in [1.165, 1.54) is 24.8 Å². The normalized spacial score (nSPS) is 14.2. The predicted octanol–water partition coefficient (Wildman–Crippen LogP) is 6.37. The number of hydrogen-bond donors (Lipinski definition) is 2. The van der Waals surface area contributed by atoms with Gasteiger partial charge in [0.1, 0.15) is 6.54 Å². The van der Waals surface area contributed by atoms with Crippen LogP contribution in [0.2, 0.25) is 0 Å². The number of carbonyl (C=O) groups is 2. The molecular weight excluding hydrogens is 436 g/mol. The van der Waals surface area contributed by atoms with Gasteiger partial charge in [-0.15, -0.1) is 0 Å². The molecule has 4 aromatic rings. The maximum absolute atomic E-state index is 13.2. The number of benzene rings is 3. The van der Waals surface area contributed by atoms with Gasteiger partial charge in [-0.3, -0.25) is 4.79 Å². The van der Waals surface area contributed by atoms with Gasteiger partial charge in [0.25, 0.3) is 0 Å². The summed E-state index contributed by atoms with van der Waals surface area (Å²) in [6.45, 7) is 0.582. The van der Waals surface area contributed by atoms with Gasteiger partial charge in [-0.25, -0.2) is 4.79 Å². The summed E-state index contributed by atoms with van der Waals surface area (Å²) in [6.07, 6.45) is 5.85. The fraction of sp³-hybridized carbons (Fsp3) is 0.267. The standard InChI is InChI=1S/C30H30N2O3/c33-27(31-19-21-10-4-1-5-11-21)20-32-26-18-24(30(34)35)16-17-25(26)28(22-12-6-2-7-13-22)29(32)23-14-8-3-9-15-23/h1,3-5,8-11,14-18,22H,2,6-7,12-13,19-20H2,(H,31,33)(H,34,35). The zero-order valence-electron chi connectivity index (χ0n) is 19.7. The topological polar surface area (TPSA) is 71.3 Å². The molecule has 5 rings (SSSR count). The molecule has 35 heavy (non-hydrogen) atoms. The second kappa shape index (κ2) is 10.2. The largest absolute Gasteiger partial charge is 0.478 e. The molecule has 1 aromatic heterocycles. The number of carboxylic acids is 1. The number of rotatable bonds is 7. The second-order valence-electron chi connectivity index (χ2n) is 9.35. The van der Waals surface area contributed by atoms with E-state index in [0.717, 1.165) is 40.6 Å². The SMILES string of the molecule is O=C(Cn1c(-c2ccccc2)c(C2CCCCC2)c2ccc(C(=O)O)cc21)NCc1ccccc1. The Morgan fingerprint density at radius 3 is 2.26 bits per heavy atom. The monoisotopic (exact) mass is 466 g/mol. The number of aromatic nitrogens is 1. The fourth-order valence-corrected chi connectivity index (χ4v) is 5.38. The highest BCUT2D eigenvalue weighted by Crippen LogP contribution is 2.44. The van der Waals surface area contributed by atoms with Crippen LogP contribution < -0.4 is 5.32 Å². The maximum atomic E-state index is 13.2. The molecule has 2 N–H and O–H groups in total. The van der Waals surface area contributed by atoms with E-state index in [1.807, 2.05) is 59.2 Å². The van der Waals surface area contributed by atoms with Crippen molar-refractivity contribution in [2.75, 3.05) is 0 Å². The van der Waals surface area contributed by atoms with Crippen LogP contribution in [0.5, 0.6) is 0 Å². The number of carboxylic acid groups (broad SMARTS) is 1. The van der Waals surface area contributed by atoms with E-state index < -0.39 is 5.97 Å². The molecule has 1 fully saturated rings. The first-order chi connectivity index (χ1) is 17.1. The first kappa shape index (κ1) is 22.9. The van der Waals surface area contributed by atoms with Crippen molar-refractivity contribution in [3.63, 3.8) is 0 Å². The van der Waals surface area contributed by atoms with Gasteiger partial charge in [-0.1, -0.05) is 86.0 Å². The molecule has 3 aromatic carbocycles. The van der Waals surface area contributed by atoms with Crippen LogP contribution in [0.4, 0.5) is 0 Å². The molecule has 5 heteroatoms. The summed E-state index contributed by atoms with van der Waals surface area (Å²) in [7, 11) is 0. The Morgan fingerprint density at radius 2 is 1.57 bits per heavy atom. The number of nitrogens with zero attached hydrogens (tertiary/aromatic N) is 1. The van der Waals surface area contributed by atoms with Gasteiger partial charge in [0.2, 0.25) is 5.91 Å². The average molecular weight is 467 g/mol. The van der Waals surface area contributed by atoms with E-state index in [2.05, 4.69) is 17.4 Å². The Morgan fingerprint density at radius 1 is 0.886 bits per heavy atom. The molecule has 178 valence electrons. The van der Waals surface area contributed by atoms with Crippen molar-refractivity contribution in [1.29, 1.82) is 0 Å². The molecule has 5 nitrogen and oxygen atoms in total. The molecule has 0 atom stereocenters. The molecule has 0 radical (unpaired) electrons. The summed E-state index contributed by atoms with van der Waals surface area (Å²) in [5.41, 5.74) is 5.41. The molecule has 0 unspecified atom stereocenters. The fourth-order valence-electron chi connectivity index (χ4n) is 5.38. The van der Waals surface area contributed by atoms with Crippen LogP contribution in [-0.4, -0.2) is 21.6 Å². The summed E-state index contributed by atoms with van der Waals surface area (Å²) < 4.78 is 2.03. The van der Waals surface area contributed by atoms with Crippen LogP contribution in [0.3, 0.4) is 0 Å². The molecule has 0 bridgehead atoms. The van der Waals surface area contributed by atoms with E-state index >= 15 is 0 Å².